The Morgan fingerprint density at radius 1 is 1.21 bits per heavy atom. The monoisotopic (exact) mass is 399 g/mol. The number of benzene rings is 1. The summed E-state index contributed by atoms with van der Waals surface area (Å²) >= 11 is 1.30. The molecule has 0 fully saturated rings. The van der Waals surface area contributed by atoms with E-state index in [0.717, 1.165) is 0 Å². The van der Waals surface area contributed by atoms with E-state index in [4.69, 9.17) is 0 Å². The smallest absolute Gasteiger partial charge is 0.274 e. The lowest BCUT2D eigenvalue weighted by atomic mass is 10.1. The van der Waals surface area contributed by atoms with Crippen molar-refractivity contribution in [2.45, 2.75) is 19.4 Å². The first-order valence-corrected chi connectivity index (χ1v) is 9.83. The van der Waals surface area contributed by atoms with Crippen molar-refractivity contribution in [3.63, 3.8) is 0 Å². The van der Waals surface area contributed by atoms with Crippen LogP contribution in [0.25, 0.3) is 10.6 Å². The fourth-order valence-corrected chi connectivity index (χ4v) is 4.06. The lowest BCUT2D eigenvalue weighted by Crippen LogP contribution is -2.42. The zero-order valence-electron chi connectivity index (χ0n) is 15.0. The first-order chi connectivity index (χ1) is 13.6. The van der Waals surface area contributed by atoms with Gasteiger partial charge in [0.25, 0.3) is 5.91 Å². The molecule has 0 unspecified atom stereocenters. The highest BCUT2D eigenvalue weighted by Crippen LogP contribution is 2.26. The lowest BCUT2D eigenvalue weighted by molar-refractivity contribution is 0.0695. The molecule has 0 radical (unpaired) electrons. The third kappa shape index (κ3) is 3.31. The topological polar surface area (TPSA) is 75.4 Å². The molecular weight excluding hydrogens is 381 g/mol. The number of hydrogen-bond donors (Lipinski definition) is 1. The van der Waals surface area contributed by atoms with E-state index in [2.05, 4.69) is 4.98 Å². The lowest BCUT2D eigenvalue weighted by Gasteiger charge is -2.30. The SMILES string of the molecule is O=C1c2c(O)c(=O)c(-c3nccs3)cn2CCN1CCCc1ccccc1F. The largest absolute Gasteiger partial charge is 0.503 e. The van der Waals surface area contributed by atoms with Crippen molar-refractivity contribution in [2.75, 3.05) is 13.1 Å². The van der Waals surface area contributed by atoms with E-state index in [1.54, 1.807) is 45.4 Å². The van der Waals surface area contributed by atoms with Gasteiger partial charge >= 0.3 is 0 Å². The Labute approximate surface area is 164 Å². The highest BCUT2D eigenvalue weighted by Gasteiger charge is 2.29. The number of nitrogens with zero attached hydrogens (tertiary/aromatic N) is 3. The zero-order valence-corrected chi connectivity index (χ0v) is 15.8. The van der Waals surface area contributed by atoms with Gasteiger partial charge in [0.15, 0.2) is 11.4 Å². The Balaban J connectivity index is 1.53. The third-order valence-electron chi connectivity index (χ3n) is 4.85. The van der Waals surface area contributed by atoms with Crippen LogP contribution in [-0.2, 0) is 13.0 Å². The highest BCUT2D eigenvalue weighted by atomic mass is 32.1. The summed E-state index contributed by atoms with van der Waals surface area (Å²) in [5.74, 6) is -1.19. The van der Waals surface area contributed by atoms with Crippen LogP contribution in [0.3, 0.4) is 0 Å². The molecule has 6 nitrogen and oxygen atoms in total. The Bertz CT molecular complexity index is 1080. The van der Waals surface area contributed by atoms with Gasteiger partial charge in [-0.25, -0.2) is 9.37 Å². The molecule has 1 amide bonds. The summed E-state index contributed by atoms with van der Waals surface area (Å²) in [4.78, 5) is 31.0. The van der Waals surface area contributed by atoms with Crippen molar-refractivity contribution >= 4 is 17.2 Å². The molecule has 28 heavy (non-hydrogen) atoms. The number of halogens is 1. The summed E-state index contributed by atoms with van der Waals surface area (Å²) in [6.45, 7) is 1.35. The van der Waals surface area contributed by atoms with Crippen LogP contribution in [0, 0.1) is 5.82 Å². The third-order valence-corrected chi connectivity index (χ3v) is 5.66. The molecule has 2 aromatic heterocycles. The Morgan fingerprint density at radius 3 is 2.79 bits per heavy atom. The number of hydrogen-bond acceptors (Lipinski definition) is 5. The predicted molar refractivity (Wildman–Crippen MR) is 104 cm³/mol. The number of pyridine rings is 1. The molecule has 0 saturated carbocycles. The maximum Gasteiger partial charge on any atom is 0.274 e. The van der Waals surface area contributed by atoms with Crippen LogP contribution in [0.1, 0.15) is 22.5 Å². The number of thiazole rings is 1. The van der Waals surface area contributed by atoms with Gasteiger partial charge in [0.2, 0.25) is 5.43 Å². The van der Waals surface area contributed by atoms with E-state index < -0.39 is 11.2 Å². The Kier molecular flexibility index (Phi) is 4.95. The van der Waals surface area contributed by atoms with Gasteiger partial charge in [-0.3, -0.25) is 9.59 Å². The maximum atomic E-state index is 13.7. The van der Waals surface area contributed by atoms with Crippen LogP contribution in [0.4, 0.5) is 4.39 Å². The molecule has 0 atom stereocenters. The number of amides is 1. The van der Waals surface area contributed by atoms with Crippen LogP contribution < -0.4 is 5.43 Å². The molecule has 4 rings (SSSR count). The molecule has 1 aliphatic heterocycles. The van der Waals surface area contributed by atoms with Crippen LogP contribution in [-0.4, -0.2) is 38.6 Å². The van der Waals surface area contributed by atoms with E-state index in [9.17, 15) is 19.1 Å². The van der Waals surface area contributed by atoms with Gasteiger partial charge in [0.05, 0.1) is 5.56 Å². The molecule has 8 heteroatoms. The normalized spacial score (nSPS) is 13.6. The molecule has 0 saturated heterocycles. The molecule has 1 N–H and O–H groups in total. The molecule has 3 heterocycles. The van der Waals surface area contributed by atoms with Crippen molar-refractivity contribution in [1.82, 2.24) is 14.5 Å². The van der Waals surface area contributed by atoms with Crippen LogP contribution in [0.15, 0.2) is 46.8 Å². The van der Waals surface area contributed by atoms with E-state index in [0.29, 0.717) is 43.0 Å². The van der Waals surface area contributed by atoms with Crippen molar-refractivity contribution in [1.29, 1.82) is 0 Å². The van der Waals surface area contributed by atoms with Gasteiger partial charge in [-0.1, -0.05) is 18.2 Å². The molecular formula is C20H18FN3O3S. The summed E-state index contributed by atoms with van der Waals surface area (Å²) in [6, 6.07) is 6.58. The maximum absolute atomic E-state index is 13.7. The summed E-state index contributed by atoms with van der Waals surface area (Å²) in [7, 11) is 0. The minimum absolute atomic E-state index is 0.00227. The van der Waals surface area contributed by atoms with E-state index in [1.165, 1.54) is 17.4 Å². The molecule has 0 bridgehead atoms. The number of rotatable bonds is 5. The average Bonchev–Trinajstić information content (AvgIpc) is 3.22. The van der Waals surface area contributed by atoms with Gasteiger partial charge in [-0.15, -0.1) is 11.3 Å². The first-order valence-electron chi connectivity index (χ1n) is 8.95. The zero-order chi connectivity index (χ0) is 19.7. The van der Waals surface area contributed by atoms with Crippen LogP contribution in [0.2, 0.25) is 0 Å². The van der Waals surface area contributed by atoms with Gasteiger partial charge < -0.3 is 14.6 Å². The minimum Gasteiger partial charge on any atom is -0.503 e. The number of aryl methyl sites for hydroxylation is 1. The second kappa shape index (κ2) is 7.55. The molecule has 0 spiro atoms. The van der Waals surface area contributed by atoms with Gasteiger partial charge in [0, 0.05) is 37.4 Å². The molecule has 1 aromatic carbocycles. The molecule has 1 aliphatic rings. The first kappa shape index (κ1) is 18.4. The predicted octanol–water partition coefficient (Wildman–Crippen LogP) is 2.91. The molecule has 0 aliphatic carbocycles. The summed E-state index contributed by atoms with van der Waals surface area (Å²) in [5.41, 5.74) is 0.307. The quantitative estimate of drug-likeness (QED) is 0.716. The standard InChI is InChI=1S/C20H18FN3O3S/c21-15-6-2-1-4-13(15)5-3-8-23-9-10-24-12-14(19-22-7-11-28-19)17(25)18(26)16(24)20(23)27/h1-2,4,6-7,11-12,26H,3,5,8-10H2. The van der Waals surface area contributed by atoms with Crippen LogP contribution in [0.5, 0.6) is 5.75 Å². The Hall–Kier alpha value is -3.00. The van der Waals surface area contributed by atoms with Crippen molar-refractivity contribution in [3.05, 3.63) is 69.3 Å². The number of aromatic nitrogens is 2. The molecule has 3 aromatic rings. The Morgan fingerprint density at radius 2 is 2.04 bits per heavy atom. The number of aromatic hydroxyl groups is 1. The highest BCUT2D eigenvalue weighted by molar-refractivity contribution is 7.13. The van der Waals surface area contributed by atoms with Gasteiger partial charge in [-0.2, -0.15) is 0 Å². The fraction of sp³-hybridized carbons (Fsp3) is 0.250. The number of carbonyl (C=O) groups excluding carboxylic acids is 1. The second-order valence-electron chi connectivity index (χ2n) is 6.59. The summed E-state index contributed by atoms with van der Waals surface area (Å²) in [5, 5.41) is 12.7. The summed E-state index contributed by atoms with van der Waals surface area (Å²) < 4.78 is 15.3. The van der Waals surface area contributed by atoms with Crippen molar-refractivity contribution < 1.29 is 14.3 Å². The number of fused-ring (bicyclic) bond motifs is 1. The van der Waals surface area contributed by atoms with E-state index >= 15 is 0 Å². The average molecular weight is 399 g/mol. The second-order valence-corrected chi connectivity index (χ2v) is 7.48. The van der Waals surface area contributed by atoms with Gasteiger partial charge in [0.1, 0.15) is 10.8 Å². The minimum atomic E-state index is -0.595. The van der Waals surface area contributed by atoms with Crippen LogP contribution >= 0.6 is 11.3 Å². The fourth-order valence-electron chi connectivity index (χ4n) is 3.41. The van der Waals surface area contributed by atoms with Crippen molar-refractivity contribution in [2.24, 2.45) is 0 Å². The van der Waals surface area contributed by atoms with E-state index in [1.807, 2.05) is 0 Å². The molecule has 144 valence electrons. The van der Waals surface area contributed by atoms with Gasteiger partial charge in [-0.05, 0) is 24.5 Å². The number of carbonyl (C=O) groups is 1. The van der Waals surface area contributed by atoms with Crippen molar-refractivity contribution in [3.8, 4) is 16.3 Å². The van der Waals surface area contributed by atoms with E-state index in [-0.39, 0.29) is 23.0 Å². The summed E-state index contributed by atoms with van der Waals surface area (Å²) in [6.07, 6.45) is 4.28.